The third-order valence-electron chi connectivity index (χ3n) is 6.96. The Morgan fingerprint density at radius 1 is 1.00 bits per heavy atom. The fourth-order valence-corrected chi connectivity index (χ4v) is 5.04. The van der Waals surface area contributed by atoms with Crippen LogP contribution in [0.2, 0.25) is 0 Å². The molecule has 4 rings (SSSR count). The average molecular weight is 442 g/mol. The molecule has 2 unspecified atom stereocenters. The Morgan fingerprint density at radius 2 is 1.73 bits per heavy atom. The largest absolute Gasteiger partial charge is 0.497 e. The van der Waals surface area contributed by atoms with Gasteiger partial charge in [-0.15, -0.1) is 0 Å². The monoisotopic (exact) mass is 441 g/mol. The average Bonchev–Trinajstić information content (AvgIpc) is 2.83. The van der Waals surface area contributed by atoms with Gasteiger partial charge in [0.15, 0.2) is 0 Å². The number of methoxy groups -OCH3 is 1. The molecule has 0 aromatic heterocycles. The summed E-state index contributed by atoms with van der Waals surface area (Å²) in [4.78, 5) is 2.28. The number of hydrogen-bond donors (Lipinski definition) is 1. The van der Waals surface area contributed by atoms with E-state index in [1.54, 1.807) is 7.11 Å². The number of rotatable bonds is 6. The van der Waals surface area contributed by atoms with E-state index in [4.69, 9.17) is 4.74 Å². The Morgan fingerprint density at radius 3 is 2.39 bits per heavy atom. The lowest BCUT2D eigenvalue weighted by Crippen LogP contribution is -2.45. The second kappa shape index (κ2) is 9.84. The van der Waals surface area contributed by atoms with Crippen LogP contribution in [0.15, 0.2) is 78.4 Å². The smallest absolute Gasteiger partial charge is 0.118 e. The van der Waals surface area contributed by atoms with Crippen molar-refractivity contribution in [2.75, 3.05) is 25.6 Å². The standard InChI is InChI=1S/C30H35NO2/c1-22-11-13-24(14-12-22)20-26-8-6-9-27(21-31(3)28-10-5-7-23(2)19-28)30(26,32)25-15-17-29(33-4)18-16-25/h5,7,10-20,27,32H,6,8-9,21H2,1-4H3/b26-20+. The quantitative estimate of drug-likeness (QED) is 0.473. The fourth-order valence-electron chi connectivity index (χ4n) is 5.04. The molecule has 0 spiro atoms. The molecule has 1 saturated carbocycles. The summed E-state index contributed by atoms with van der Waals surface area (Å²) >= 11 is 0. The second-order valence-electron chi connectivity index (χ2n) is 9.38. The van der Waals surface area contributed by atoms with Gasteiger partial charge in [0.1, 0.15) is 11.4 Å². The molecule has 33 heavy (non-hydrogen) atoms. The minimum atomic E-state index is -1.03. The van der Waals surface area contributed by atoms with Crippen LogP contribution in [-0.4, -0.2) is 25.8 Å². The predicted molar refractivity (Wildman–Crippen MR) is 138 cm³/mol. The van der Waals surface area contributed by atoms with Crippen molar-refractivity contribution in [3.05, 3.63) is 101 Å². The van der Waals surface area contributed by atoms with Gasteiger partial charge in [-0.1, -0.05) is 60.2 Å². The number of nitrogens with zero attached hydrogens (tertiary/aromatic N) is 1. The highest BCUT2D eigenvalue weighted by Crippen LogP contribution is 2.47. The zero-order valence-corrected chi connectivity index (χ0v) is 20.2. The van der Waals surface area contributed by atoms with E-state index in [9.17, 15) is 5.11 Å². The molecule has 0 saturated heterocycles. The number of hydrogen-bond acceptors (Lipinski definition) is 3. The van der Waals surface area contributed by atoms with Crippen LogP contribution in [0.5, 0.6) is 5.75 Å². The highest BCUT2D eigenvalue weighted by molar-refractivity contribution is 5.58. The van der Waals surface area contributed by atoms with Gasteiger partial charge >= 0.3 is 0 Å². The molecule has 3 aromatic carbocycles. The van der Waals surface area contributed by atoms with Crippen LogP contribution < -0.4 is 9.64 Å². The van der Waals surface area contributed by atoms with Gasteiger partial charge < -0.3 is 14.7 Å². The number of benzene rings is 3. The first kappa shape index (κ1) is 23.1. The molecule has 172 valence electrons. The number of aryl methyl sites for hydroxylation is 2. The third-order valence-corrected chi connectivity index (χ3v) is 6.96. The molecule has 1 aliphatic carbocycles. The van der Waals surface area contributed by atoms with Gasteiger partial charge in [-0.25, -0.2) is 0 Å². The van der Waals surface area contributed by atoms with Crippen molar-refractivity contribution < 1.29 is 9.84 Å². The molecule has 0 heterocycles. The van der Waals surface area contributed by atoms with Crippen LogP contribution in [0.25, 0.3) is 6.08 Å². The maximum atomic E-state index is 12.5. The lowest BCUT2D eigenvalue weighted by atomic mass is 9.67. The Hall–Kier alpha value is -3.04. The van der Waals surface area contributed by atoms with E-state index in [1.807, 2.05) is 24.3 Å². The van der Waals surface area contributed by atoms with E-state index in [-0.39, 0.29) is 5.92 Å². The Kier molecular flexibility index (Phi) is 6.90. The topological polar surface area (TPSA) is 32.7 Å². The maximum Gasteiger partial charge on any atom is 0.118 e. The van der Waals surface area contributed by atoms with E-state index < -0.39 is 5.60 Å². The van der Waals surface area contributed by atoms with Gasteiger partial charge in [0.05, 0.1) is 7.11 Å². The summed E-state index contributed by atoms with van der Waals surface area (Å²) in [6, 6.07) is 25.0. The van der Waals surface area contributed by atoms with Crippen LogP contribution in [0, 0.1) is 19.8 Å². The molecule has 3 nitrogen and oxygen atoms in total. The molecule has 0 amide bonds. The first-order valence-electron chi connectivity index (χ1n) is 11.8. The predicted octanol–water partition coefficient (Wildman–Crippen LogP) is 6.52. The van der Waals surface area contributed by atoms with E-state index in [0.717, 1.165) is 48.3 Å². The number of anilines is 1. The summed E-state index contributed by atoms with van der Waals surface area (Å²) in [7, 11) is 3.80. The summed E-state index contributed by atoms with van der Waals surface area (Å²) in [5.74, 6) is 0.873. The Labute approximate surface area is 198 Å². The van der Waals surface area contributed by atoms with E-state index >= 15 is 0 Å². The maximum absolute atomic E-state index is 12.5. The Bertz CT molecular complexity index is 1100. The zero-order valence-electron chi connectivity index (χ0n) is 20.2. The van der Waals surface area contributed by atoms with Gasteiger partial charge in [-0.2, -0.15) is 0 Å². The van der Waals surface area contributed by atoms with Crippen molar-refractivity contribution in [2.24, 2.45) is 5.92 Å². The molecule has 1 aliphatic rings. The van der Waals surface area contributed by atoms with E-state index in [2.05, 4.69) is 80.4 Å². The molecular weight excluding hydrogens is 406 g/mol. The zero-order chi connectivity index (χ0) is 23.4. The lowest BCUT2D eigenvalue weighted by molar-refractivity contribution is -0.00395. The SMILES string of the molecule is COc1ccc(C2(O)/C(=C/c3ccc(C)cc3)CCCC2CN(C)c2cccc(C)c2)cc1. The molecule has 0 aliphatic heterocycles. The highest BCUT2D eigenvalue weighted by Gasteiger charge is 2.44. The fraction of sp³-hybridized carbons (Fsp3) is 0.333. The van der Waals surface area contributed by atoms with Crippen LogP contribution >= 0.6 is 0 Å². The van der Waals surface area contributed by atoms with Crippen LogP contribution in [-0.2, 0) is 5.60 Å². The normalized spacial score (nSPS) is 21.7. The van der Waals surface area contributed by atoms with Gasteiger partial charge in [0, 0.05) is 25.2 Å². The van der Waals surface area contributed by atoms with Crippen LogP contribution in [0.3, 0.4) is 0 Å². The molecule has 0 bridgehead atoms. The molecule has 1 N–H and O–H groups in total. The first-order valence-corrected chi connectivity index (χ1v) is 11.8. The van der Waals surface area contributed by atoms with Crippen molar-refractivity contribution in [2.45, 2.75) is 38.7 Å². The lowest BCUT2D eigenvalue weighted by Gasteiger charge is -2.44. The van der Waals surface area contributed by atoms with Crippen molar-refractivity contribution >= 4 is 11.8 Å². The van der Waals surface area contributed by atoms with Crippen molar-refractivity contribution in [3.8, 4) is 5.75 Å². The first-order chi connectivity index (χ1) is 15.9. The van der Waals surface area contributed by atoms with Gasteiger partial charge in [0.25, 0.3) is 0 Å². The summed E-state index contributed by atoms with van der Waals surface area (Å²) in [5.41, 5.74) is 5.79. The summed E-state index contributed by atoms with van der Waals surface area (Å²) in [5, 5.41) is 12.5. The van der Waals surface area contributed by atoms with Crippen molar-refractivity contribution in [1.82, 2.24) is 0 Å². The minimum Gasteiger partial charge on any atom is -0.497 e. The van der Waals surface area contributed by atoms with E-state index in [1.165, 1.54) is 16.8 Å². The molecule has 2 atom stereocenters. The molecule has 0 radical (unpaired) electrons. The van der Waals surface area contributed by atoms with Crippen molar-refractivity contribution in [1.29, 1.82) is 0 Å². The summed E-state index contributed by atoms with van der Waals surface area (Å²) in [6.07, 6.45) is 5.13. The molecular formula is C30H35NO2. The second-order valence-corrected chi connectivity index (χ2v) is 9.38. The summed E-state index contributed by atoms with van der Waals surface area (Å²) < 4.78 is 5.38. The van der Waals surface area contributed by atoms with Gasteiger partial charge in [0.2, 0.25) is 0 Å². The van der Waals surface area contributed by atoms with Crippen LogP contribution in [0.1, 0.15) is 41.5 Å². The summed E-state index contributed by atoms with van der Waals surface area (Å²) in [6.45, 7) is 4.99. The highest BCUT2D eigenvalue weighted by atomic mass is 16.5. The number of aliphatic hydroxyl groups is 1. The number of ether oxygens (including phenoxy) is 1. The van der Waals surface area contributed by atoms with Crippen molar-refractivity contribution in [3.63, 3.8) is 0 Å². The minimum absolute atomic E-state index is 0.0712. The molecule has 3 heteroatoms. The van der Waals surface area contributed by atoms with Crippen LogP contribution in [0.4, 0.5) is 5.69 Å². The molecule has 3 aromatic rings. The van der Waals surface area contributed by atoms with E-state index in [0.29, 0.717) is 0 Å². The van der Waals surface area contributed by atoms with Gasteiger partial charge in [-0.3, -0.25) is 0 Å². The third kappa shape index (κ3) is 4.99. The Balaban J connectivity index is 1.74. The van der Waals surface area contributed by atoms with Gasteiger partial charge in [-0.05, 0) is 79.6 Å². The molecule has 1 fully saturated rings.